The second-order valence-electron chi connectivity index (χ2n) is 4.70. The van der Waals surface area contributed by atoms with Crippen molar-refractivity contribution >= 4 is 0 Å². The van der Waals surface area contributed by atoms with Gasteiger partial charge in [0.2, 0.25) is 0 Å². The van der Waals surface area contributed by atoms with Crippen LogP contribution in [-0.2, 0) is 4.74 Å². The highest BCUT2D eigenvalue weighted by Gasteiger charge is 2.50. The van der Waals surface area contributed by atoms with Crippen LogP contribution in [0, 0.1) is 5.41 Å². The second-order valence-corrected chi connectivity index (χ2v) is 4.70. The highest BCUT2D eigenvalue weighted by molar-refractivity contribution is 5.00. The molecule has 0 saturated carbocycles. The van der Waals surface area contributed by atoms with Crippen LogP contribution in [0.1, 0.15) is 45.4 Å². The van der Waals surface area contributed by atoms with Crippen molar-refractivity contribution in [2.75, 3.05) is 6.54 Å². The third-order valence-corrected chi connectivity index (χ3v) is 3.86. The molecule has 2 heteroatoms. The van der Waals surface area contributed by atoms with E-state index in [4.69, 9.17) is 10.5 Å². The monoisotopic (exact) mass is 183 g/mol. The van der Waals surface area contributed by atoms with E-state index >= 15 is 0 Å². The lowest BCUT2D eigenvalue weighted by molar-refractivity contribution is 0.0589. The van der Waals surface area contributed by atoms with Gasteiger partial charge in [-0.15, -0.1) is 0 Å². The zero-order valence-electron chi connectivity index (χ0n) is 8.59. The molecule has 76 valence electrons. The summed E-state index contributed by atoms with van der Waals surface area (Å²) >= 11 is 0. The minimum absolute atomic E-state index is 0.360. The molecule has 2 nitrogen and oxygen atoms in total. The standard InChI is InChI=1S/C11H21NO/c1-2-3-6-11(8-12)7-9-4-5-10(11)13-9/h9-10H,2-8,12H2,1H3. The molecule has 0 aromatic heterocycles. The van der Waals surface area contributed by atoms with E-state index in [0.29, 0.717) is 17.6 Å². The summed E-state index contributed by atoms with van der Waals surface area (Å²) in [6, 6.07) is 0. The summed E-state index contributed by atoms with van der Waals surface area (Å²) in [5, 5.41) is 0. The molecule has 0 aromatic carbocycles. The van der Waals surface area contributed by atoms with Gasteiger partial charge in [-0.1, -0.05) is 19.8 Å². The molecule has 2 rings (SSSR count). The van der Waals surface area contributed by atoms with Gasteiger partial charge in [-0.25, -0.2) is 0 Å². The van der Waals surface area contributed by atoms with Gasteiger partial charge in [0.25, 0.3) is 0 Å². The zero-order chi connectivity index (χ0) is 9.31. The molecular formula is C11H21NO. The Balaban J connectivity index is 1.99. The molecule has 2 saturated heterocycles. The van der Waals surface area contributed by atoms with Crippen LogP contribution in [0.5, 0.6) is 0 Å². The number of hydrogen-bond donors (Lipinski definition) is 1. The molecule has 0 amide bonds. The summed E-state index contributed by atoms with van der Waals surface area (Å²) in [4.78, 5) is 0. The molecular weight excluding hydrogens is 162 g/mol. The maximum atomic E-state index is 5.92. The Morgan fingerprint density at radius 3 is 2.77 bits per heavy atom. The van der Waals surface area contributed by atoms with E-state index in [1.165, 1.54) is 38.5 Å². The van der Waals surface area contributed by atoms with Crippen molar-refractivity contribution in [1.29, 1.82) is 0 Å². The first-order valence-corrected chi connectivity index (χ1v) is 5.66. The van der Waals surface area contributed by atoms with Crippen molar-refractivity contribution in [3.8, 4) is 0 Å². The summed E-state index contributed by atoms with van der Waals surface area (Å²) in [6.07, 6.45) is 8.67. The Morgan fingerprint density at radius 2 is 2.31 bits per heavy atom. The van der Waals surface area contributed by atoms with Gasteiger partial charge in [-0.05, 0) is 25.7 Å². The topological polar surface area (TPSA) is 35.2 Å². The minimum Gasteiger partial charge on any atom is -0.374 e. The van der Waals surface area contributed by atoms with Crippen LogP contribution < -0.4 is 5.73 Å². The number of ether oxygens (including phenoxy) is 1. The van der Waals surface area contributed by atoms with Crippen LogP contribution in [0.15, 0.2) is 0 Å². The van der Waals surface area contributed by atoms with Crippen LogP contribution >= 0.6 is 0 Å². The molecule has 13 heavy (non-hydrogen) atoms. The number of hydrogen-bond acceptors (Lipinski definition) is 2. The van der Waals surface area contributed by atoms with Crippen molar-refractivity contribution in [2.24, 2.45) is 11.1 Å². The van der Waals surface area contributed by atoms with Crippen molar-refractivity contribution < 1.29 is 4.74 Å². The normalized spacial score (nSPS) is 42.9. The van der Waals surface area contributed by atoms with Gasteiger partial charge in [-0.3, -0.25) is 0 Å². The molecule has 0 spiro atoms. The van der Waals surface area contributed by atoms with E-state index in [9.17, 15) is 0 Å². The van der Waals surface area contributed by atoms with Gasteiger partial charge < -0.3 is 10.5 Å². The van der Waals surface area contributed by atoms with Crippen LogP contribution in [0.2, 0.25) is 0 Å². The van der Waals surface area contributed by atoms with Gasteiger partial charge in [0.15, 0.2) is 0 Å². The lowest BCUT2D eigenvalue weighted by atomic mass is 9.71. The van der Waals surface area contributed by atoms with Gasteiger partial charge in [0.1, 0.15) is 0 Å². The molecule has 2 aliphatic heterocycles. The number of fused-ring (bicyclic) bond motifs is 2. The summed E-state index contributed by atoms with van der Waals surface area (Å²) in [6.45, 7) is 3.08. The summed E-state index contributed by atoms with van der Waals surface area (Å²) < 4.78 is 5.90. The summed E-state index contributed by atoms with van der Waals surface area (Å²) in [5.41, 5.74) is 6.28. The van der Waals surface area contributed by atoms with E-state index in [-0.39, 0.29) is 0 Å². The third-order valence-electron chi connectivity index (χ3n) is 3.86. The Bertz CT molecular complexity index is 183. The molecule has 2 fully saturated rings. The first-order valence-electron chi connectivity index (χ1n) is 5.66. The fourth-order valence-electron chi connectivity index (χ4n) is 3.00. The van der Waals surface area contributed by atoms with Crippen molar-refractivity contribution in [2.45, 2.75) is 57.7 Å². The molecule has 2 N–H and O–H groups in total. The number of unbranched alkanes of at least 4 members (excludes halogenated alkanes) is 1. The second kappa shape index (κ2) is 3.58. The average molecular weight is 183 g/mol. The summed E-state index contributed by atoms with van der Waals surface area (Å²) in [5.74, 6) is 0. The highest BCUT2D eigenvalue weighted by atomic mass is 16.5. The van der Waals surface area contributed by atoms with Gasteiger partial charge >= 0.3 is 0 Å². The average Bonchev–Trinajstić information content (AvgIpc) is 2.74. The van der Waals surface area contributed by atoms with Gasteiger partial charge in [0, 0.05) is 12.0 Å². The number of rotatable bonds is 4. The largest absolute Gasteiger partial charge is 0.374 e. The maximum absolute atomic E-state index is 5.92. The van der Waals surface area contributed by atoms with E-state index in [1.807, 2.05) is 0 Å². The van der Waals surface area contributed by atoms with Crippen LogP contribution in [0.4, 0.5) is 0 Å². The lowest BCUT2D eigenvalue weighted by Crippen LogP contribution is -2.39. The first kappa shape index (κ1) is 9.47. The predicted molar refractivity (Wildman–Crippen MR) is 53.5 cm³/mol. The SMILES string of the molecule is CCCCC1(CN)CC2CCC1O2. The molecule has 2 aliphatic rings. The Kier molecular flexibility index (Phi) is 2.61. The maximum Gasteiger partial charge on any atom is 0.0649 e. The smallest absolute Gasteiger partial charge is 0.0649 e. The molecule has 3 unspecified atom stereocenters. The molecule has 2 bridgehead atoms. The van der Waals surface area contributed by atoms with Crippen LogP contribution in [-0.4, -0.2) is 18.8 Å². The molecule has 0 aromatic rings. The number of nitrogens with two attached hydrogens (primary N) is 1. The molecule has 0 radical (unpaired) electrons. The molecule has 2 heterocycles. The molecule has 3 atom stereocenters. The fourth-order valence-corrected chi connectivity index (χ4v) is 3.00. The van der Waals surface area contributed by atoms with Crippen LogP contribution in [0.25, 0.3) is 0 Å². The van der Waals surface area contributed by atoms with Crippen LogP contribution in [0.3, 0.4) is 0 Å². The minimum atomic E-state index is 0.360. The van der Waals surface area contributed by atoms with Gasteiger partial charge in [0.05, 0.1) is 12.2 Å². The Labute approximate surface area is 80.8 Å². The third kappa shape index (κ3) is 1.50. The quantitative estimate of drug-likeness (QED) is 0.724. The van der Waals surface area contributed by atoms with E-state index in [0.717, 1.165) is 6.54 Å². The predicted octanol–water partition coefficient (Wildman–Crippen LogP) is 2.07. The highest BCUT2D eigenvalue weighted by Crippen LogP contribution is 2.49. The zero-order valence-corrected chi connectivity index (χ0v) is 8.59. The van der Waals surface area contributed by atoms with Crippen molar-refractivity contribution in [3.63, 3.8) is 0 Å². The Hall–Kier alpha value is -0.0800. The van der Waals surface area contributed by atoms with E-state index in [2.05, 4.69) is 6.92 Å². The molecule has 0 aliphatic carbocycles. The van der Waals surface area contributed by atoms with Gasteiger partial charge in [-0.2, -0.15) is 0 Å². The Morgan fingerprint density at radius 1 is 1.46 bits per heavy atom. The lowest BCUT2D eigenvalue weighted by Gasteiger charge is -2.34. The van der Waals surface area contributed by atoms with Crippen molar-refractivity contribution in [3.05, 3.63) is 0 Å². The summed E-state index contributed by atoms with van der Waals surface area (Å²) in [7, 11) is 0. The van der Waals surface area contributed by atoms with E-state index < -0.39 is 0 Å². The fraction of sp³-hybridized carbons (Fsp3) is 1.00. The first-order chi connectivity index (χ1) is 6.30. The van der Waals surface area contributed by atoms with Crippen molar-refractivity contribution in [1.82, 2.24) is 0 Å². The van der Waals surface area contributed by atoms with E-state index in [1.54, 1.807) is 0 Å².